The molecule has 0 unspecified atom stereocenters. The molecular formula is C4H6F2N4S. The number of aromatic nitrogens is 4. The van der Waals surface area contributed by atoms with Gasteiger partial charge in [0.2, 0.25) is 5.16 Å². The normalized spacial score (nSPS) is 10.9. The molecule has 11 heavy (non-hydrogen) atoms. The zero-order valence-corrected chi connectivity index (χ0v) is 6.55. The van der Waals surface area contributed by atoms with Gasteiger partial charge in [0.25, 0.3) is 5.76 Å². The Morgan fingerprint density at radius 1 is 1.64 bits per heavy atom. The van der Waals surface area contributed by atoms with Gasteiger partial charge in [0.05, 0.1) is 6.54 Å². The number of alkyl halides is 2. The van der Waals surface area contributed by atoms with Crippen LogP contribution in [0.5, 0.6) is 0 Å². The van der Waals surface area contributed by atoms with Gasteiger partial charge >= 0.3 is 0 Å². The number of rotatable bonds is 3. The van der Waals surface area contributed by atoms with E-state index in [-0.39, 0.29) is 5.16 Å². The third-order valence-electron chi connectivity index (χ3n) is 0.912. The number of nitrogens with zero attached hydrogens (tertiary/aromatic N) is 4. The van der Waals surface area contributed by atoms with E-state index in [1.54, 1.807) is 6.92 Å². The highest BCUT2D eigenvalue weighted by atomic mass is 32.2. The summed E-state index contributed by atoms with van der Waals surface area (Å²) >= 11 is 0.296. The monoisotopic (exact) mass is 180 g/mol. The Morgan fingerprint density at radius 2 is 2.36 bits per heavy atom. The van der Waals surface area contributed by atoms with Gasteiger partial charge in [-0.15, -0.1) is 10.2 Å². The maximum absolute atomic E-state index is 11.7. The molecule has 1 heterocycles. The van der Waals surface area contributed by atoms with Gasteiger partial charge in [0.1, 0.15) is 0 Å². The van der Waals surface area contributed by atoms with Gasteiger partial charge in [0.15, 0.2) is 0 Å². The second kappa shape index (κ2) is 3.61. The number of tetrazole rings is 1. The smallest absolute Gasteiger partial charge is 0.197 e. The minimum absolute atomic E-state index is 0.0156. The van der Waals surface area contributed by atoms with Crippen LogP contribution >= 0.6 is 11.8 Å². The van der Waals surface area contributed by atoms with Crippen molar-refractivity contribution in [3.63, 3.8) is 0 Å². The summed E-state index contributed by atoms with van der Waals surface area (Å²) in [7, 11) is 0. The van der Waals surface area contributed by atoms with Gasteiger partial charge in [-0.2, -0.15) is 13.6 Å². The second-order valence-electron chi connectivity index (χ2n) is 1.64. The van der Waals surface area contributed by atoms with Crippen LogP contribution in [0, 0.1) is 0 Å². The van der Waals surface area contributed by atoms with Crippen LogP contribution in [0.4, 0.5) is 8.78 Å². The van der Waals surface area contributed by atoms with Crippen molar-refractivity contribution in [1.82, 2.24) is 20.2 Å². The minimum atomic E-state index is -2.48. The molecule has 1 aromatic heterocycles. The number of hydrogen-bond donors (Lipinski definition) is 0. The van der Waals surface area contributed by atoms with Crippen LogP contribution in [0.1, 0.15) is 6.92 Å². The topological polar surface area (TPSA) is 43.6 Å². The van der Waals surface area contributed by atoms with Gasteiger partial charge in [0, 0.05) is 0 Å². The predicted molar refractivity (Wildman–Crippen MR) is 35.4 cm³/mol. The fourth-order valence-corrected chi connectivity index (χ4v) is 0.874. The van der Waals surface area contributed by atoms with Gasteiger partial charge < -0.3 is 0 Å². The van der Waals surface area contributed by atoms with Crippen molar-refractivity contribution in [3.8, 4) is 0 Å². The fourth-order valence-electron chi connectivity index (χ4n) is 0.489. The lowest BCUT2D eigenvalue weighted by atomic mass is 10.8. The highest BCUT2D eigenvalue weighted by Gasteiger charge is 2.09. The second-order valence-corrected chi connectivity index (χ2v) is 2.60. The van der Waals surface area contributed by atoms with Crippen molar-refractivity contribution in [2.45, 2.75) is 24.4 Å². The summed E-state index contributed by atoms with van der Waals surface area (Å²) in [6.07, 6.45) is 0. The Kier molecular flexibility index (Phi) is 2.75. The predicted octanol–water partition coefficient (Wildman–Crippen LogP) is 1.01. The Labute approximate surface area is 66.0 Å². The SMILES string of the molecule is CCn1nnc(SC(F)F)n1. The Bertz CT molecular complexity index is 226. The minimum Gasteiger partial charge on any atom is -0.197 e. The zero-order chi connectivity index (χ0) is 8.27. The lowest BCUT2D eigenvalue weighted by Gasteiger charge is -1.89. The largest absolute Gasteiger partial charge is 0.291 e. The molecule has 0 aliphatic carbocycles. The highest BCUT2D eigenvalue weighted by Crippen LogP contribution is 2.19. The van der Waals surface area contributed by atoms with Crippen molar-refractivity contribution >= 4 is 11.8 Å². The van der Waals surface area contributed by atoms with Crippen LogP contribution < -0.4 is 0 Å². The zero-order valence-electron chi connectivity index (χ0n) is 5.74. The van der Waals surface area contributed by atoms with Crippen LogP contribution in [0.25, 0.3) is 0 Å². The van der Waals surface area contributed by atoms with Crippen LogP contribution in [0.3, 0.4) is 0 Å². The summed E-state index contributed by atoms with van der Waals surface area (Å²) in [5, 5.41) is 10.6. The van der Waals surface area contributed by atoms with Gasteiger partial charge in [-0.25, -0.2) is 0 Å². The Hall–Kier alpha value is -0.720. The first kappa shape index (κ1) is 8.38. The van der Waals surface area contributed by atoms with E-state index in [9.17, 15) is 8.78 Å². The average Bonchev–Trinajstić information content (AvgIpc) is 2.34. The number of hydrogen-bond acceptors (Lipinski definition) is 4. The molecule has 0 atom stereocenters. The van der Waals surface area contributed by atoms with Crippen molar-refractivity contribution in [1.29, 1.82) is 0 Å². The summed E-state index contributed by atoms with van der Waals surface area (Å²) in [6, 6.07) is 0. The Balaban J connectivity index is 2.58. The van der Waals surface area contributed by atoms with E-state index >= 15 is 0 Å². The molecule has 7 heteroatoms. The van der Waals surface area contributed by atoms with Crippen LogP contribution in [-0.2, 0) is 6.54 Å². The molecule has 0 amide bonds. The van der Waals surface area contributed by atoms with Gasteiger partial charge in [-0.05, 0) is 23.9 Å². The highest BCUT2D eigenvalue weighted by molar-refractivity contribution is 7.99. The molecule has 0 spiro atoms. The first-order valence-corrected chi connectivity index (χ1v) is 3.83. The lowest BCUT2D eigenvalue weighted by molar-refractivity contribution is 0.251. The molecule has 0 saturated heterocycles. The summed E-state index contributed by atoms with van der Waals surface area (Å²) in [5.74, 6) is -2.48. The van der Waals surface area contributed by atoms with Crippen molar-refractivity contribution < 1.29 is 8.78 Å². The van der Waals surface area contributed by atoms with Crippen LogP contribution in [0.15, 0.2) is 5.16 Å². The molecule has 0 bridgehead atoms. The summed E-state index contributed by atoms with van der Waals surface area (Å²) < 4.78 is 23.4. The van der Waals surface area contributed by atoms with E-state index in [4.69, 9.17) is 0 Å². The van der Waals surface area contributed by atoms with Crippen molar-refractivity contribution in [2.24, 2.45) is 0 Å². The maximum atomic E-state index is 11.7. The van der Waals surface area contributed by atoms with Gasteiger partial charge in [-0.1, -0.05) is 0 Å². The van der Waals surface area contributed by atoms with E-state index < -0.39 is 5.76 Å². The summed E-state index contributed by atoms with van der Waals surface area (Å²) in [4.78, 5) is 1.25. The molecular weight excluding hydrogens is 174 g/mol. The molecule has 62 valence electrons. The van der Waals surface area contributed by atoms with E-state index in [1.807, 2.05) is 0 Å². The molecule has 0 radical (unpaired) electrons. The molecule has 4 nitrogen and oxygen atoms in total. The fraction of sp³-hybridized carbons (Fsp3) is 0.750. The van der Waals surface area contributed by atoms with E-state index in [0.29, 0.717) is 18.3 Å². The Morgan fingerprint density at radius 3 is 2.82 bits per heavy atom. The molecule has 1 aromatic rings. The molecule has 0 N–H and O–H groups in total. The van der Waals surface area contributed by atoms with Crippen LogP contribution in [-0.4, -0.2) is 26.0 Å². The third kappa shape index (κ3) is 2.41. The molecule has 0 saturated carbocycles. The van der Waals surface area contributed by atoms with E-state index in [2.05, 4.69) is 15.4 Å². The maximum Gasteiger partial charge on any atom is 0.291 e. The summed E-state index contributed by atoms with van der Waals surface area (Å²) in [6.45, 7) is 2.34. The summed E-state index contributed by atoms with van der Waals surface area (Å²) in [5.41, 5.74) is 0. The molecule has 0 fully saturated rings. The molecule has 0 aliphatic rings. The molecule has 1 rings (SSSR count). The molecule has 0 aromatic carbocycles. The first-order chi connectivity index (χ1) is 5.22. The quantitative estimate of drug-likeness (QED) is 0.651. The number of aryl methyl sites for hydroxylation is 1. The van der Waals surface area contributed by atoms with Crippen LogP contribution in [0.2, 0.25) is 0 Å². The third-order valence-corrected chi connectivity index (χ3v) is 1.46. The van der Waals surface area contributed by atoms with E-state index in [0.717, 1.165) is 0 Å². The molecule has 0 aliphatic heterocycles. The standard InChI is InChI=1S/C4H6F2N4S/c1-2-10-8-4(7-9-10)11-3(5)6/h3H,2H2,1H3. The lowest BCUT2D eigenvalue weighted by Crippen LogP contribution is -1.98. The van der Waals surface area contributed by atoms with Crippen molar-refractivity contribution in [2.75, 3.05) is 0 Å². The number of thioether (sulfide) groups is 1. The first-order valence-electron chi connectivity index (χ1n) is 2.95. The van der Waals surface area contributed by atoms with Gasteiger partial charge in [-0.3, -0.25) is 0 Å². The number of halogens is 2. The van der Waals surface area contributed by atoms with Crippen molar-refractivity contribution in [3.05, 3.63) is 0 Å². The average molecular weight is 180 g/mol. The van der Waals surface area contributed by atoms with E-state index in [1.165, 1.54) is 4.80 Å².